The number of carbonyl (C=O) groups excluding carboxylic acids is 1. The summed E-state index contributed by atoms with van der Waals surface area (Å²) < 4.78 is 16.8. The molecule has 0 spiro atoms. The monoisotopic (exact) mass is 395 g/mol. The average Bonchev–Trinajstić information content (AvgIpc) is 3.20. The van der Waals surface area contributed by atoms with Crippen molar-refractivity contribution >= 4 is 23.2 Å². The lowest BCUT2D eigenvalue weighted by molar-refractivity contribution is -0.129. The fourth-order valence-electron chi connectivity index (χ4n) is 3.41. The number of fused-ring (bicyclic) bond motifs is 1. The first-order chi connectivity index (χ1) is 14.7. The quantitative estimate of drug-likeness (QED) is 0.470. The van der Waals surface area contributed by atoms with E-state index in [4.69, 9.17) is 14.2 Å². The van der Waals surface area contributed by atoms with Crippen molar-refractivity contribution in [2.45, 2.75) is 0 Å². The largest absolute Gasteiger partial charge is 0.497 e. The molecule has 5 rings (SSSR count). The van der Waals surface area contributed by atoms with Crippen molar-refractivity contribution in [3.8, 4) is 11.5 Å². The molecule has 0 N–H and O–H groups in total. The Morgan fingerprint density at radius 2 is 1.53 bits per heavy atom. The molecule has 0 aromatic heterocycles. The summed E-state index contributed by atoms with van der Waals surface area (Å²) in [5.41, 5.74) is 3.33. The number of cyclic esters (lactones) is 1. The van der Waals surface area contributed by atoms with Gasteiger partial charge in [0.1, 0.15) is 17.3 Å². The van der Waals surface area contributed by atoms with E-state index in [1.807, 2.05) is 84.9 Å². The van der Waals surface area contributed by atoms with Gasteiger partial charge >= 0.3 is 5.97 Å². The molecular weight excluding hydrogens is 378 g/mol. The molecule has 2 heterocycles. The summed E-state index contributed by atoms with van der Waals surface area (Å²) in [4.78, 5) is 17.2. The number of allylic oxidation sites excluding steroid dienone is 2. The third-order valence-corrected chi connectivity index (χ3v) is 4.92. The minimum atomic E-state index is -0.481. The first-order valence-corrected chi connectivity index (χ1v) is 9.47. The molecule has 0 atom stereocenters. The van der Waals surface area contributed by atoms with Gasteiger partial charge < -0.3 is 14.2 Å². The van der Waals surface area contributed by atoms with Gasteiger partial charge in [0, 0.05) is 22.3 Å². The van der Waals surface area contributed by atoms with Crippen molar-refractivity contribution in [3.05, 3.63) is 107 Å². The highest BCUT2D eigenvalue weighted by atomic mass is 16.6. The molecule has 0 fully saturated rings. The fourth-order valence-corrected chi connectivity index (χ4v) is 3.41. The molecule has 3 aromatic carbocycles. The number of para-hydroxylation sites is 1. The third kappa shape index (κ3) is 3.16. The van der Waals surface area contributed by atoms with Crippen LogP contribution in [0.4, 0.5) is 0 Å². The Morgan fingerprint density at radius 3 is 2.30 bits per heavy atom. The van der Waals surface area contributed by atoms with Gasteiger partial charge in [-0.15, -0.1) is 0 Å². The van der Waals surface area contributed by atoms with E-state index in [0.717, 1.165) is 22.4 Å². The standard InChI is InChI=1S/C25H17NO4/c1-28-18-13-11-16(12-14-18)22-15-20(19-9-5-6-10-21(19)29-22)23-25(27)30-24(26-23)17-7-3-2-4-8-17/h2-15H,1H3. The lowest BCUT2D eigenvalue weighted by Gasteiger charge is -2.20. The molecule has 5 heteroatoms. The fraction of sp³-hybridized carbons (Fsp3) is 0.0400. The number of aliphatic imine (C=N–C) groups is 1. The van der Waals surface area contributed by atoms with E-state index < -0.39 is 5.97 Å². The van der Waals surface area contributed by atoms with E-state index in [-0.39, 0.29) is 5.70 Å². The lowest BCUT2D eigenvalue weighted by atomic mass is 9.97. The number of ether oxygens (including phenoxy) is 3. The Labute approximate surface area is 173 Å². The predicted octanol–water partition coefficient (Wildman–Crippen LogP) is 4.84. The molecule has 3 aromatic rings. The smallest absolute Gasteiger partial charge is 0.364 e. The Kier molecular flexibility index (Phi) is 4.41. The van der Waals surface area contributed by atoms with E-state index in [2.05, 4.69) is 4.99 Å². The zero-order valence-corrected chi connectivity index (χ0v) is 16.2. The van der Waals surface area contributed by atoms with Crippen LogP contribution in [0.15, 0.2) is 95.6 Å². The van der Waals surface area contributed by atoms with E-state index in [9.17, 15) is 4.79 Å². The lowest BCUT2D eigenvalue weighted by Crippen LogP contribution is -2.08. The number of rotatable bonds is 3. The van der Waals surface area contributed by atoms with E-state index in [0.29, 0.717) is 23.0 Å². The Hall–Kier alpha value is -4.12. The minimum absolute atomic E-state index is 0.260. The number of esters is 1. The second-order valence-electron chi connectivity index (χ2n) is 6.77. The SMILES string of the molecule is COc1ccc(C2=CC(=C3N=C(c4ccccc4)OC3=O)c3ccccc3O2)cc1. The van der Waals surface area contributed by atoms with E-state index in [1.165, 1.54) is 0 Å². The highest BCUT2D eigenvalue weighted by Gasteiger charge is 2.30. The van der Waals surface area contributed by atoms with E-state index >= 15 is 0 Å². The molecule has 5 nitrogen and oxygen atoms in total. The van der Waals surface area contributed by atoms with Gasteiger partial charge in [-0.05, 0) is 48.5 Å². The van der Waals surface area contributed by atoms with Gasteiger partial charge in [-0.1, -0.05) is 36.4 Å². The molecule has 2 aliphatic heterocycles. The zero-order chi connectivity index (χ0) is 20.5. The van der Waals surface area contributed by atoms with Crippen molar-refractivity contribution in [2.75, 3.05) is 7.11 Å². The van der Waals surface area contributed by atoms with Crippen molar-refractivity contribution < 1.29 is 19.0 Å². The molecule has 0 radical (unpaired) electrons. The van der Waals surface area contributed by atoms with Crippen molar-refractivity contribution in [1.29, 1.82) is 0 Å². The maximum atomic E-state index is 12.7. The second-order valence-corrected chi connectivity index (χ2v) is 6.77. The molecule has 0 aliphatic carbocycles. The molecule has 0 saturated carbocycles. The average molecular weight is 395 g/mol. The maximum Gasteiger partial charge on any atom is 0.364 e. The van der Waals surface area contributed by atoms with Gasteiger partial charge in [-0.2, -0.15) is 0 Å². The van der Waals surface area contributed by atoms with Crippen LogP contribution in [0.25, 0.3) is 11.3 Å². The van der Waals surface area contributed by atoms with Crippen LogP contribution < -0.4 is 9.47 Å². The molecule has 0 unspecified atom stereocenters. The molecule has 0 saturated heterocycles. The third-order valence-electron chi connectivity index (χ3n) is 4.92. The number of hydrogen-bond donors (Lipinski definition) is 0. The molecule has 30 heavy (non-hydrogen) atoms. The van der Waals surface area contributed by atoms with Crippen LogP contribution in [0.5, 0.6) is 11.5 Å². The summed E-state index contributed by atoms with van der Waals surface area (Å²) in [5, 5.41) is 0. The Bertz CT molecular complexity index is 1220. The van der Waals surface area contributed by atoms with Crippen LogP contribution >= 0.6 is 0 Å². The summed E-state index contributed by atoms with van der Waals surface area (Å²) >= 11 is 0. The first-order valence-electron chi connectivity index (χ1n) is 9.47. The van der Waals surface area contributed by atoms with Crippen LogP contribution in [0.3, 0.4) is 0 Å². The normalized spacial score (nSPS) is 17.4. The number of nitrogens with zero attached hydrogens (tertiary/aromatic N) is 1. The molecule has 146 valence electrons. The van der Waals surface area contributed by atoms with Crippen LogP contribution in [0.2, 0.25) is 0 Å². The van der Waals surface area contributed by atoms with Crippen molar-refractivity contribution in [3.63, 3.8) is 0 Å². The second kappa shape index (κ2) is 7.37. The molecule has 2 aliphatic rings. The highest BCUT2D eigenvalue weighted by Crippen LogP contribution is 2.40. The summed E-state index contributed by atoms with van der Waals surface area (Å²) in [6, 6.07) is 24.5. The Morgan fingerprint density at radius 1 is 0.800 bits per heavy atom. The summed E-state index contributed by atoms with van der Waals surface area (Å²) in [6.45, 7) is 0. The number of hydrogen-bond acceptors (Lipinski definition) is 5. The maximum absolute atomic E-state index is 12.7. The van der Waals surface area contributed by atoms with Crippen LogP contribution in [-0.4, -0.2) is 19.0 Å². The van der Waals surface area contributed by atoms with Crippen molar-refractivity contribution in [2.24, 2.45) is 4.99 Å². The Balaban J connectivity index is 1.65. The summed E-state index contributed by atoms with van der Waals surface area (Å²) in [5.74, 6) is 1.85. The van der Waals surface area contributed by atoms with E-state index in [1.54, 1.807) is 7.11 Å². The van der Waals surface area contributed by atoms with Gasteiger partial charge in [-0.3, -0.25) is 0 Å². The summed E-state index contributed by atoms with van der Waals surface area (Å²) in [7, 11) is 1.62. The summed E-state index contributed by atoms with van der Waals surface area (Å²) in [6.07, 6.45) is 1.83. The topological polar surface area (TPSA) is 57.1 Å². The molecule has 0 bridgehead atoms. The van der Waals surface area contributed by atoms with Crippen LogP contribution in [-0.2, 0) is 9.53 Å². The predicted molar refractivity (Wildman–Crippen MR) is 114 cm³/mol. The van der Waals surface area contributed by atoms with Crippen LogP contribution in [0, 0.1) is 0 Å². The number of benzene rings is 3. The van der Waals surface area contributed by atoms with Gasteiger partial charge in [0.15, 0.2) is 5.70 Å². The van der Waals surface area contributed by atoms with Crippen molar-refractivity contribution in [1.82, 2.24) is 0 Å². The van der Waals surface area contributed by atoms with Gasteiger partial charge in [0.05, 0.1) is 7.11 Å². The number of carbonyl (C=O) groups is 1. The molecular formula is C25H17NO4. The van der Waals surface area contributed by atoms with Gasteiger partial charge in [0.2, 0.25) is 5.90 Å². The molecule has 0 amide bonds. The van der Waals surface area contributed by atoms with Gasteiger partial charge in [0.25, 0.3) is 0 Å². The van der Waals surface area contributed by atoms with Crippen LogP contribution in [0.1, 0.15) is 16.7 Å². The van der Waals surface area contributed by atoms with Gasteiger partial charge in [-0.25, -0.2) is 9.79 Å². The number of methoxy groups -OCH3 is 1. The zero-order valence-electron chi connectivity index (χ0n) is 16.2. The minimum Gasteiger partial charge on any atom is -0.497 e. The first kappa shape index (κ1) is 17.9. The highest BCUT2D eigenvalue weighted by molar-refractivity contribution is 6.15.